The highest BCUT2D eigenvalue weighted by molar-refractivity contribution is 6.06. The molecule has 0 fully saturated rings. The van der Waals surface area contributed by atoms with Gasteiger partial charge in [-0.2, -0.15) is 4.98 Å². The molecule has 0 spiro atoms. The van der Waals surface area contributed by atoms with E-state index in [2.05, 4.69) is 20.6 Å². The first-order chi connectivity index (χ1) is 16.5. The predicted molar refractivity (Wildman–Crippen MR) is 127 cm³/mol. The van der Waals surface area contributed by atoms with Crippen molar-refractivity contribution in [1.29, 1.82) is 0 Å². The summed E-state index contributed by atoms with van der Waals surface area (Å²) in [7, 11) is 1.60. The van der Waals surface area contributed by atoms with Crippen LogP contribution in [-0.4, -0.2) is 37.9 Å². The number of pyridine rings is 1. The molecule has 9 heteroatoms. The van der Waals surface area contributed by atoms with Gasteiger partial charge in [-0.1, -0.05) is 24.3 Å². The number of allylic oxidation sites excluding steroid dienone is 1. The monoisotopic (exact) mass is 454 g/mol. The number of rotatable bonds is 5. The molecule has 4 aromatic rings. The van der Waals surface area contributed by atoms with Crippen molar-refractivity contribution in [3.63, 3.8) is 0 Å². The summed E-state index contributed by atoms with van der Waals surface area (Å²) in [5, 5.41) is 20.7. The number of carbonyl (C=O) groups excluding carboxylic acids is 1. The third-order valence-corrected chi connectivity index (χ3v) is 5.53. The molecule has 5 rings (SSSR count). The van der Waals surface area contributed by atoms with Gasteiger partial charge in [0.25, 0.3) is 5.91 Å². The molecule has 0 aliphatic carbocycles. The Labute approximate surface area is 195 Å². The van der Waals surface area contributed by atoms with Crippen molar-refractivity contribution < 1.29 is 14.6 Å². The molecule has 9 nitrogen and oxygen atoms in total. The molecule has 170 valence electrons. The average Bonchev–Trinajstić information content (AvgIpc) is 3.27. The Kier molecular flexibility index (Phi) is 5.43. The number of carbonyl (C=O) groups is 1. The van der Waals surface area contributed by atoms with E-state index in [1.807, 2.05) is 37.3 Å². The molecule has 1 aliphatic rings. The van der Waals surface area contributed by atoms with Crippen molar-refractivity contribution >= 4 is 17.5 Å². The zero-order valence-corrected chi connectivity index (χ0v) is 18.6. The molecular weight excluding hydrogens is 432 g/mol. The zero-order valence-electron chi connectivity index (χ0n) is 18.6. The first-order valence-corrected chi connectivity index (χ1v) is 10.6. The van der Waals surface area contributed by atoms with E-state index in [0.717, 1.165) is 5.56 Å². The molecule has 1 amide bonds. The molecular formula is C25H22N6O3. The lowest BCUT2D eigenvalue weighted by molar-refractivity contribution is -0.113. The number of fused-ring (bicyclic) bond motifs is 1. The summed E-state index contributed by atoms with van der Waals surface area (Å²) in [6.07, 6.45) is 3.23. The van der Waals surface area contributed by atoms with Crippen LogP contribution in [0.5, 0.6) is 11.5 Å². The van der Waals surface area contributed by atoms with Crippen LogP contribution < -0.4 is 15.4 Å². The summed E-state index contributed by atoms with van der Waals surface area (Å²) in [5.41, 5.74) is 3.19. The molecule has 0 bridgehead atoms. The van der Waals surface area contributed by atoms with E-state index in [-0.39, 0.29) is 11.7 Å². The molecule has 2 aromatic carbocycles. The van der Waals surface area contributed by atoms with E-state index >= 15 is 0 Å². The van der Waals surface area contributed by atoms with E-state index in [9.17, 15) is 9.90 Å². The summed E-state index contributed by atoms with van der Waals surface area (Å²) >= 11 is 0. The zero-order chi connectivity index (χ0) is 23.7. The number of nitrogens with zero attached hydrogens (tertiary/aromatic N) is 4. The van der Waals surface area contributed by atoms with Crippen LogP contribution in [0, 0.1) is 0 Å². The Hall–Kier alpha value is -4.66. The average molecular weight is 454 g/mol. The number of aromatic hydroxyl groups is 1. The maximum Gasteiger partial charge on any atom is 0.255 e. The van der Waals surface area contributed by atoms with Crippen LogP contribution in [0.25, 0.3) is 11.4 Å². The van der Waals surface area contributed by atoms with Crippen molar-refractivity contribution in [1.82, 2.24) is 19.7 Å². The number of anilines is 2. The first kappa shape index (κ1) is 21.2. The lowest BCUT2D eigenvalue weighted by Crippen LogP contribution is -2.31. The van der Waals surface area contributed by atoms with Gasteiger partial charge in [0.2, 0.25) is 5.95 Å². The number of nitrogens with one attached hydrogen (secondary N) is 2. The molecule has 3 N–H and O–H groups in total. The summed E-state index contributed by atoms with van der Waals surface area (Å²) in [6, 6.07) is 17.2. The first-order valence-electron chi connectivity index (χ1n) is 10.6. The molecule has 0 saturated carbocycles. The second kappa shape index (κ2) is 8.70. The van der Waals surface area contributed by atoms with Gasteiger partial charge >= 0.3 is 0 Å². The van der Waals surface area contributed by atoms with Crippen molar-refractivity contribution in [2.24, 2.45) is 0 Å². The molecule has 1 aliphatic heterocycles. The van der Waals surface area contributed by atoms with Crippen LogP contribution >= 0.6 is 0 Å². The number of aromatic nitrogens is 4. The second-order valence-corrected chi connectivity index (χ2v) is 7.79. The molecule has 3 heterocycles. The molecule has 34 heavy (non-hydrogen) atoms. The number of hydrogen-bond acceptors (Lipinski definition) is 7. The van der Waals surface area contributed by atoms with E-state index in [4.69, 9.17) is 9.84 Å². The van der Waals surface area contributed by atoms with Crippen LogP contribution in [0.3, 0.4) is 0 Å². The van der Waals surface area contributed by atoms with Crippen LogP contribution in [0.2, 0.25) is 0 Å². The van der Waals surface area contributed by atoms with Crippen molar-refractivity contribution in [2.45, 2.75) is 13.0 Å². The Morgan fingerprint density at radius 3 is 2.76 bits per heavy atom. The highest BCUT2D eigenvalue weighted by Crippen LogP contribution is 2.38. The van der Waals surface area contributed by atoms with Crippen LogP contribution in [0.1, 0.15) is 18.5 Å². The predicted octanol–water partition coefficient (Wildman–Crippen LogP) is 3.98. The summed E-state index contributed by atoms with van der Waals surface area (Å²) < 4.78 is 7.11. The minimum absolute atomic E-state index is 0.119. The largest absolute Gasteiger partial charge is 0.508 e. The fourth-order valence-corrected chi connectivity index (χ4v) is 3.97. The summed E-state index contributed by atoms with van der Waals surface area (Å²) in [6.45, 7) is 1.83. The molecule has 2 aromatic heterocycles. The van der Waals surface area contributed by atoms with E-state index in [1.165, 1.54) is 0 Å². The number of amides is 1. The SMILES string of the molecule is COc1cccc(C2C(C(=O)Nc3cccnc3)=C(C)Nc3nc(-c4cccc(O)c4)nn32)c1. The van der Waals surface area contributed by atoms with Crippen LogP contribution in [0.4, 0.5) is 11.6 Å². The Bertz CT molecular complexity index is 1400. The standard InChI is InChI=1S/C25H22N6O3/c1-15-21(24(33)28-18-8-5-11-26-14-18)22(16-6-4-10-20(13-16)34-2)31-25(27-15)29-23(30-31)17-7-3-9-19(32)12-17/h3-14,22,32H,1-2H3,(H,28,33)(H,27,29,30). The number of phenolic OH excluding ortho intramolecular Hbond substituents is 1. The van der Waals surface area contributed by atoms with Gasteiger partial charge < -0.3 is 20.5 Å². The maximum atomic E-state index is 13.5. The number of methoxy groups -OCH3 is 1. The van der Waals surface area contributed by atoms with Gasteiger partial charge in [0.05, 0.1) is 24.6 Å². The summed E-state index contributed by atoms with van der Waals surface area (Å²) in [4.78, 5) is 22.2. The van der Waals surface area contributed by atoms with Gasteiger partial charge in [-0.3, -0.25) is 9.78 Å². The van der Waals surface area contributed by atoms with E-state index in [1.54, 1.807) is 54.5 Å². The Balaban J connectivity index is 1.62. The third-order valence-electron chi connectivity index (χ3n) is 5.53. The minimum Gasteiger partial charge on any atom is -0.508 e. The van der Waals surface area contributed by atoms with Gasteiger partial charge in [-0.25, -0.2) is 4.68 Å². The van der Waals surface area contributed by atoms with Crippen molar-refractivity contribution in [3.8, 4) is 22.9 Å². The maximum absolute atomic E-state index is 13.5. The van der Waals surface area contributed by atoms with Gasteiger partial charge in [0.15, 0.2) is 5.82 Å². The lowest BCUT2D eigenvalue weighted by Gasteiger charge is -2.28. The smallest absolute Gasteiger partial charge is 0.255 e. The third kappa shape index (κ3) is 3.95. The normalized spacial score (nSPS) is 14.8. The summed E-state index contributed by atoms with van der Waals surface area (Å²) in [5.74, 6) is 1.41. The fraction of sp³-hybridized carbons (Fsp3) is 0.120. The highest BCUT2D eigenvalue weighted by Gasteiger charge is 2.34. The molecule has 1 atom stereocenters. The lowest BCUT2D eigenvalue weighted by atomic mass is 9.95. The second-order valence-electron chi connectivity index (χ2n) is 7.79. The van der Waals surface area contributed by atoms with Crippen LogP contribution in [0.15, 0.2) is 84.3 Å². The van der Waals surface area contributed by atoms with Gasteiger partial charge in [0.1, 0.15) is 17.5 Å². The van der Waals surface area contributed by atoms with Gasteiger partial charge in [0, 0.05) is 17.5 Å². The molecule has 1 unspecified atom stereocenters. The fourth-order valence-electron chi connectivity index (χ4n) is 3.97. The molecule has 0 saturated heterocycles. The van der Waals surface area contributed by atoms with Crippen molar-refractivity contribution in [2.75, 3.05) is 17.7 Å². The number of benzene rings is 2. The number of ether oxygens (including phenoxy) is 1. The van der Waals surface area contributed by atoms with E-state index < -0.39 is 6.04 Å². The van der Waals surface area contributed by atoms with Gasteiger partial charge in [-0.05, 0) is 48.9 Å². The topological polar surface area (TPSA) is 114 Å². The Morgan fingerprint density at radius 1 is 1.15 bits per heavy atom. The van der Waals surface area contributed by atoms with Gasteiger partial charge in [-0.15, -0.1) is 5.10 Å². The Morgan fingerprint density at radius 2 is 2.00 bits per heavy atom. The minimum atomic E-state index is -0.568. The van der Waals surface area contributed by atoms with Crippen molar-refractivity contribution in [3.05, 3.63) is 89.9 Å². The number of hydrogen-bond donors (Lipinski definition) is 3. The quantitative estimate of drug-likeness (QED) is 0.418. The van der Waals surface area contributed by atoms with E-state index in [0.29, 0.717) is 40.0 Å². The number of phenols is 1. The molecule has 0 radical (unpaired) electrons. The van der Waals surface area contributed by atoms with Crippen LogP contribution in [-0.2, 0) is 4.79 Å². The highest BCUT2D eigenvalue weighted by atomic mass is 16.5.